The summed E-state index contributed by atoms with van der Waals surface area (Å²) in [5.74, 6) is -1.51. The number of rotatable bonds is 9. The molecule has 0 saturated heterocycles. The van der Waals surface area contributed by atoms with Gasteiger partial charge in [-0.25, -0.2) is 0 Å². The predicted octanol–water partition coefficient (Wildman–Crippen LogP) is 7.14. The zero-order valence-electron chi connectivity index (χ0n) is 22.2. The maximum atomic E-state index is 14.5. The molecule has 4 rings (SSSR count). The van der Waals surface area contributed by atoms with Crippen molar-refractivity contribution >= 4 is 92.2 Å². The van der Waals surface area contributed by atoms with Crippen molar-refractivity contribution in [2.75, 3.05) is 6.54 Å². The minimum absolute atomic E-state index is 0. The van der Waals surface area contributed by atoms with Crippen LogP contribution in [0.15, 0.2) is 83.3 Å². The second-order valence-corrected chi connectivity index (χ2v) is 11.0. The van der Waals surface area contributed by atoms with Crippen molar-refractivity contribution in [2.24, 2.45) is 0 Å². The maximum absolute atomic E-state index is 14.5. The third-order valence-corrected chi connectivity index (χ3v) is 7.91. The number of nitrogens with zero attached hydrogens (tertiary/aromatic N) is 2. The summed E-state index contributed by atoms with van der Waals surface area (Å²) in [7, 11) is 0. The van der Waals surface area contributed by atoms with Crippen LogP contribution in [-0.4, -0.2) is 68.8 Å². The summed E-state index contributed by atoms with van der Waals surface area (Å²) >= 11 is 15.9. The Morgan fingerprint density at radius 3 is 2.15 bits per heavy atom. The van der Waals surface area contributed by atoms with Gasteiger partial charge in [0.2, 0.25) is 5.91 Å². The van der Waals surface area contributed by atoms with Crippen molar-refractivity contribution in [3.05, 3.63) is 110 Å². The molecule has 0 bridgehead atoms. The van der Waals surface area contributed by atoms with Crippen LogP contribution in [0.1, 0.15) is 55.0 Å². The molecule has 2 amide bonds. The van der Waals surface area contributed by atoms with E-state index in [9.17, 15) is 14.4 Å². The molecular weight excluding hydrogens is 626 g/mol. The summed E-state index contributed by atoms with van der Waals surface area (Å²) in [6.45, 7) is 2.13. The molecule has 40 heavy (non-hydrogen) atoms. The number of amides is 2. The molecule has 0 aromatic heterocycles. The number of carbonyl (C=O) groups excluding carboxylic acids is 2. The Bertz CT molecular complexity index is 1400. The fourth-order valence-corrected chi connectivity index (χ4v) is 5.46. The molecule has 1 aliphatic heterocycles. The molecule has 1 heterocycles. The molecule has 0 aliphatic carbocycles. The zero-order chi connectivity index (χ0) is 28.1. The van der Waals surface area contributed by atoms with E-state index in [1.165, 1.54) is 6.08 Å². The van der Waals surface area contributed by atoms with Gasteiger partial charge < -0.3 is 14.9 Å². The van der Waals surface area contributed by atoms with E-state index < -0.39 is 18.1 Å². The van der Waals surface area contributed by atoms with Crippen LogP contribution in [0.5, 0.6) is 0 Å². The molecule has 203 valence electrons. The number of carbonyl (C=O) groups is 3. The van der Waals surface area contributed by atoms with E-state index in [4.69, 9.17) is 28.3 Å². The second-order valence-electron chi connectivity index (χ2n) is 9.28. The summed E-state index contributed by atoms with van der Waals surface area (Å²) < 4.78 is 0.731. The zero-order valence-corrected chi connectivity index (χ0v) is 27.3. The average molecular weight is 653 g/mol. The summed E-state index contributed by atoms with van der Waals surface area (Å²) in [5, 5.41) is 10.2. The molecule has 1 aliphatic rings. The molecule has 1 radical (unpaired) electrons. The van der Waals surface area contributed by atoms with Crippen LogP contribution < -0.4 is 0 Å². The minimum atomic E-state index is -0.948. The molecule has 0 unspecified atom stereocenters. The van der Waals surface area contributed by atoms with Gasteiger partial charge in [0.25, 0.3) is 5.91 Å². The Labute approximate surface area is 274 Å². The molecule has 1 N–H and O–H groups in total. The quantitative estimate of drug-likeness (QED) is 0.197. The predicted molar refractivity (Wildman–Crippen MR) is 162 cm³/mol. The third kappa shape index (κ3) is 7.58. The number of carboxylic acid groups (broad SMARTS) is 1. The van der Waals surface area contributed by atoms with Crippen LogP contribution in [0.2, 0.25) is 10.0 Å². The van der Waals surface area contributed by atoms with E-state index in [2.05, 4.69) is 15.9 Å². The Balaban J connectivity index is 0.00000441. The molecule has 0 fully saturated rings. The van der Waals surface area contributed by atoms with Crippen molar-refractivity contribution in [3.63, 3.8) is 0 Å². The van der Waals surface area contributed by atoms with Gasteiger partial charge in [-0.3, -0.25) is 14.4 Å². The smallest absolute Gasteiger partial charge is 0.303 e. The molecule has 3 aromatic carbocycles. The Hall–Kier alpha value is -2.13. The van der Waals surface area contributed by atoms with E-state index in [1.54, 1.807) is 46.2 Å². The number of carboxylic acids is 1. The maximum Gasteiger partial charge on any atom is 0.303 e. The average Bonchev–Trinajstić information content (AvgIpc) is 3.01. The number of hydrogen-bond acceptors (Lipinski definition) is 3. The summed E-state index contributed by atoms with van der Waals surface area (Å²) in [5.41, 5.74) is 2.59. The molecule has 0 saturated carbocycles. The standard InChI is InChI=1S/C30H27BrCl2N2O4.Na/c1-19(20-9-13-22(32)14-10-20)35-27(36)18-26(24-6-2-3-7-25(24)31)34(17-5-4-8-28(37)38)30(39)29(35)21-11-15-23(33)16-12-21;/h2-3,6-7,9-16,18-19,29H,4-5,8,17H2,1H3,(H,37,38);/t19-,29+;/m1./s1. The SMILES string of the molecule is C[C@H](c1ccc(Cl)cc1)N1C(=O)C=C(c2ccccc2Br)N(CCCCC(=O)O)C(=O)[C@@H]1c1ccc(Cl)cc1.[Na]. The Morgan fingerprint density at radius 1 is 0.950 bits per heavy atom. The van der Waals surface area contributed by atoms with E-state index in [-0.39, 0.29) is 54.3 Å². The molecule has 2 atom stereocenters. The first-order valence-electron chi connectivity index (χ1n) is 12.5. The van der Waals surface area contributed by atoms with E-state index in [1.807, 2.05) is 43.3 Å². The van der Waals surface area contributed by atoms with Crippen molar-refractivity contribution in [3.8, 4) is 0 Å². The van der Waals surface area contributed by atoms with Crippen molar-refractivity contribution in [2.45, 2.75) is 38.3 Å². The second kappa shape index (κ2) is 14.7. The van der Waals surface area contributed by atoms with Crippen LogP contribution >= 0.6 is 39.1 Å². The first kappa shape index (κ1) is 32.4. The first-order chi connectivity index (χ1) is 18.7. The topological polar surface area (TPSA) is 77.9 Å². The van der Waals surface area contributed by atoms with E-state index >= 15 is 0 Å². The number of unbranched alkanes of at least 4 members (excludes halogenated alkanes) is 1. The summed E-state index contributed by atoms with van der Waals surface area (Å²) in [4.78, 5) is 42.9. The van der Waals surface area contributed by atoms with E-state index in [0.717, 1.165) is 10.0 Å². The van der Waals surface area contributed by atoms with Gasteiger partial charge in [-0.1, -0.05) is 81.6 Å². The van der Waals surface area contributed by atoms with Gasteiger partial charge in [0, 0.05) is 68.7 Å². The fourth-order valence-electron chi connectivity index (χ4n) is 4.72. The molecule has 3 aromatic rings. The number of aliphatic carboxylic acids is 1. The van der Waals surface area contributed by atoms with Gasteiger partial charge >= 0.3 is 5.97 Å². The van der Waals surface area contributed by atoms with Crippen LogP contribution in [-0.2, 0) is 14.4 Å². The Kier molecular flexibility index (Phi) is 11.9. The van der Waals surface area contributed by atoms with Gasteiger partial charge in [-0.05, 0) is 61.2 Å². The molecule has 10 heteroatoms. The number of benzene rings is 3. The number of halogens is 3. The van der Waals surface area contributed by atoms with Crippen LogP contribution in [0.3, 0.4) is 0 Å². The van der Waals surface area contributed by atoms with E-state index in [0.29, 0.717) is 39.7 Å². The van der Waals surface area contributed by atoms with Crippen LogP contribution in [0.4, 0.5) is 0 Å². The van der Waals surface area contributed by atoms with Gasteiger partial charge in [-0.2, -0.15) is 0 Å². The minimum Gasteiger partial charge on any atom is -0.481 e. The molecule has 6 nitrogen and oxygen atoms in total. The van der Waals surface area contributed by atoms with Crippen molar-refractivity contribution in [1.29, 1.82) is 0 Å². The van der Waals surface area contributed by atoms with Crippen molar-refractivity contribution < 1.29 is 19.5 Å². The van der Waals surface area contributed by atoms with Gasteiger partial charge in [0.1, 0.15) is 6.04 Å². The normalized spacial score (nSPS) is 16.2. The first-order valence-corrected chi connectivity index (χ1v) is 14.0. The van der Waals surface area contributed by atoms with Gasteiger partial charge in [-0.15, -0.1) is 0 Å². The monoisotopic (exact) mass is 651 g/mol. The molecular formula is C30H27BrCl2N2NaO4. The summed E-state index contributed by atoms with van der Waals surface area (Å²) in [6, 6.07) is 20.1. The summed E-state index contributed by atoms with van der Waals surface area (Å²) in [6.07, 6.45) is 2.34. The third-order valence-electron chi connectivity index (χ3n) is 6.71. The van der Waals surface area contributed by atoms with Gasteiger partial charge in [0.15, 0.2) is 0 Å². The van der Waals surface area contributed by atoms with Crippen LogP contribution in [0.25, 0.3) is 5.70 Å². The molecule has 0 spiro atoms. The van der Waals surface area contributed by atoms with Crippen molar-refractivity contribution in [1.82, 2.24) is 9.80 Å². The van der Waals surface area contributed by atoms with Crippen LogP contribution in [0, 0.1) is 0 Å². The largest absolute Gasteiger partial charge is 0.481 e. The fraction of sp³-hybridized carbons (Fsp3) is 0.233. The Morgan fingerprint density at radius 2 is 1.55 bits per heavy atom. The number of hydrogen-bond donors (Lipinski definition) is 1. The van der Waals surface area contributed by atoms with Gasteiger partial charge in [0.05, 0.1) is 11.7 Å².